The molecule has 0 aliphatic carbocycles. The monoisotopic (exact) mass is 360 g/mol. The second-order valence-corrected chi connectivity index (χ2v) is 6.44. The van der Waals surface area contributed by atoms with Crippen LogP contribution in [0.5, 0.6) is 5.75 Å². The first-order valence-electron chi connectivity index (χ1n) is 8.45. The van der Waals surface area contributed by atoms with E-state index >= 15 is 0 Å². The summed E-state index contributed by atoms with van der Waals surface area (Å²) in [5.41, 5.74) is 7.57. The van der Waals surface area contributed by atoms with E-state index in [4.69, 9.17) is 10.5 Å². The van der Waals surface area contributed by atoms with E-state index in [1.165, 1.54) is 0 Å². The Labute approximate surface area is 155 Å². The molecule has 0 aromatic heterocycles. The third-order valence-electron chi connectivity index (χ3n) is 4.61. The summed E-state index contributed by atoms with van der Waals surface area (Å²) in [6.07, 6.45) is 0.987. The minimum absolute atomic E-state index is 0. The van der Waals surface area contributed by atoms with Gasteiger partial charge in [-0.25, -0.2) is 0 Å². The average molecular weight is 361 g/mol. The molecular formula is C20H25ClN2O2. The third kappa shape index (κ3) is 4.74. The van der Waals surface area contributed by atoms with Crippen molar-refractivity contribution in [3.05, 3.63) is 65.7 Å². The second-order valence-electron chi connectivity index (χ2n) is 6.44. The molecule has 25 heavy (non-hydrogen) atoms. The van der Waals surface area contributed by atoms with Crippen molar-refractivity contribution in [1.82, 2.24) is 4.90 Å². The number of halogens is 1. The maximum atomic E-state index is 12.7. The highest BCUT2D eigenvalue weighted by atomic mass is 35.5. The second kappa shape index (κ2) is 8.88. The fourth-order valence-electron chi connectivity index (χ4n) is 3.20. The van der Waals surface area contributed by atoms with Gasteiger partial charge in [0.15, 0.2) is 0 Å². The molecule has 2 aromatic rings. The minimum Gasteiger partial charge on any atom is -0.489 e. The summed E-state index contributed by atoms with van der Waals surface area (Å²) in [6, 6.07) is 17.7. The molecule has 5 heteroatoms. The van der Waals surface area contributed by atoms with Crippen molar-refractivity contribution in [2.75, 3.05) is 13.1 Å². The van der Waals surface area contributed by atoms with Gasteiger partial charge in [0, 0.05) is 18.2 Å². The zero-order chi connectivity index (χ0) is 16.9. The topological polar surface area (TPSA) is 55.6 Å². The maximum Gasteiger partial charge on any atom is 0.254 e. The predicted octanol–water partition coefficient (Wildman–Crippen LogP) is 3.50. The van der Waals surface area contributed by atoms with Crippen molar-refractivity contribution < 1.29 is 9.53 Å². The lowest BCUT2D eigenvalue weighted by atomic mass is 10.1. The number of nitrogens with zero attached hydrogens (tertiary/aromatic N) is 1. The molecule has 1 fully saturated rings. The van der Waals surface area contributed by atoms with Crippen molar-refractivity contribution in [2.24, 2.45) is 11.7 Å². The van der Waals surface area contributed by atoms with Crippen LogP contribution in [0.4, 0.5) is 0 Å². The number of likely N-dealkylation sites (tertiary alicyclic amines) is 1. The summed E-state index contributed by atoms with van der Waals surface area (Å²) < 4.78 is 5.77. The number of carbonyl (C=O) groups is 1. The number of carbonyl (C=O) groups excluding carboxylic acids is 1. The first-order chi connectivity index (χ1) is 11.7. The predicted molar refractivity (Wildman–Crippen MR) is 102 cm³/mol. The molecule has 2 unspecified atom stereocenters. The van der Waals surface area contributed by atoms with E-state index in [0.717, 1.165) is 24.3 Å². The van der Waals surface area contributed by atoms with Gasteiger partial charge < -0.3 is 15.4 Å². The van der Waals surface area contributed by atoms with Gasteiger partial charge in [0.25, 0.3) is 5.91 Å². The first-order valence-corrected chi connectivity index (χ1v) is 8.45. The maximum absolute atomic E-state index is 12.7. The lowest BCUT2D eigenvalue weighted by Crippen LogP contribution is -2.34. The van der Waals surface area contributed by atoms with Gasteiger partial charge in [0.1, 0.15) is 12.4 Å². The van der Waals surface area contributed by atoms with Crippen LogP contribution in [-0.2, 0) is 6.61 Å². The fourth-order valence-corrected chi connectivity index (χ4v) is 3.20. The molecule has 1 saturated heterocycles. The van der Waals surface area contributed by atoms with Crippen molar-refractivity contribution in [3.8, 4) is 5.75 Å². The standard InChI is InChI=1S/C20H24N2O2.ClH/c1-15-11-17(12-21)13-22(15)20(23)18-7-9-19(10-8-18)24-14-16-5-3-2-4-6-16;/h2-10,15,17H,11-14,21H2,1H3;1H. The van der Waals surface area contributed by atoms with E-state index in [-0.39, 0.29) is 24.4 Å². The largest absolute Gasteiger partial charge is 0.489 e. The highest BCUT2D eigenvalue weighted by Gasteiger charge is 2.31. The lowest BCUT2D eigenvalue weighted by molar-refractivity contribution is 0.0743. The molecule has 0 radical (unpaired) electrons. The number of amides is 1. The summed E-state index contributed by atoms with van der Waals surface area (Å²) in [4.78, 5) is 14.6. The summed E-state index contributed by atoms with van der Waals surface area (Å²) in [5.74, 6) is 1.26. The summed E-state index contributed by atoms with van der Waals surface area (Å²) in [6.45, 7) is 4.00. The number of ether oxygens (including phenoxy) is 1. The molecule has 0 bridgehead atoms. The van der Waals surface area contributed by atoms with Crippen LogP contribution in [0.15, 0.2) is 54.6 Å². The van der Waals surface area contributed by atoms with Gasteiger partial charge in [-0.2, -0.15) is 0 Å². The number of hydrogen-bond acceptors (Lipinski definition) is 3. The third-order valence-corrected chi connectivity index (χ3v) is 4.61. The molecule has 1 aliphatic rings. The summed E-state index contributed by atoms with van der Waals surface area (Å²) >= 11 is 0. The van der Waals surface area contributed by atoms with E-state index in [2.05, 4.69) is 6.92 Å². The molecule has 3 rings (SSSR count). The molecule has 1 amide bonds. The van der Waals surface area contributed by atoms with Gasteiger partial charge in [-0.15, -0.1) is 12.4 Å². The highest BCUT2D eigenvalue weighted by molar-refractivity contribution is 5.94. The molecule has 0 spiro atoms. The molecule has 1 heterocycles. The molecule has 2 aromatic carbocycles. The quantitative estimate of drug-likeness (QED) is 0.887. The number of nitrogens with two attached hydrogens (primary N) is 1. The fraction of sp³-hybridized carbons (Fsp3) is 0.350. The van der Waals surface area contributed by atoms with Crippen molar-refractivity contribution in [1.29, 1.82) is 0 Å². The number of benzene rings is 2. The average Bonchev–Trinajstić information content (AvgIpc) is 3.01. The normalized spacial score (nSPS) is 19.4. The lowest BCUT2D eigenvalue weighted by Gasteiger charge is -2.21. The Morgan fingerprint density at radius 2 is 1.84 bits per heavy atom. The van der Waals surface area contributed by atoms with E-state index in [9.17, 15) is 4.79 Å². The van der Waals surface area contributed by atoms with E-state index < -0.39 is 0 Å². The molecule has 1 aliphatic heterocycles. The van der Waals surface area contributed by atoms with E-state index in [0.29, 0.717) is 24.6 Å². The van der Waals surface area contributed by atoms with Crippen LogP contribution in [0, 0.1) is 5.92 Å². The Balaban J connectivity index is 0.00000225. The molecule has 2 atom stereocenters. The van der Waals surface area contributed by atoms with Crippen molar-refractivity contribution in [2.45, 2.75) is 26.0 Å². The summed E-state index contributed by atoms with van der Waals surface area (Å²) in [7, 11) is 0. The van der Waals surface area contributed by atoms with Crippen LogP contribution < -0.4 is 10.5 Å². The smallest absolute Gasteiger partial charge is 0.254 e. The Bertz CT molecular complexity index is 676. The Kier molecular flexibility index (Phi) is 6.85. The van der Waals surface area contributed by atoms with Gasteiger partial charge >= 0.3 is 0 Å². The van der Waals surface area contributed by atoms with Gasteiger partial charge in [0.2, 0.25) is 0 Å². The Morgan fingerprint density at radius 1 is 1.16 bits per heavy atom. The minimum atomic E-state index is 0. The molecule has 2 N–H and O–H groups in total. The summed E-state index contributed by atoms with van der Waals surface area (Å²) in [5, 5.41) is 0. The van der Waals surface area contributed by atoms with E-state index in [1.54, 1.807) is 0 Å². The van der Waals surface area contributed by atoms with Crippen LogP contribution in [0.2, 0.25) is 0 Å². The van der Waals surface area contributed by atoms with Crippen LogP contribution in [0.1, 0.15) is 29.3 Å². The van der Waals surface area contributed by atoms with Crippen molar-refractivity contribution in [3.63, 3.8) is 0 Å². The van der Waals surface area contributed by atoms with Gasteiger partial charge in [-0.3, -0.25) is 4.79 Å². The van der Waals surface area contributed by atoms with Crippen molar-refractivity contribution >= 4 is 18.3 Å². The molecule has 4 nitrogen and oxygen atoms in total. The number of hydrogen-bond donors (Lipinski definition) is 1. The van der Waals surface area contributed by atoms with Gasteiger partial charge in [-0.05, 0) is 55.6 Å². The van der Waals surface area contributed by atoms with Crippen LogP contribution in [0.25, 0.3) is 0 Å². The van der Waals surface area contributed by atoms with Gasteiger partial charge in [-0.1, -0.05) is 30.3 Å². The first kappa shape index (κ1) is 19.3. The Hall–Kier alpha value is -2.04. The van der Waals surface area contributed by atoms with E-state index in [1.807, 2.05) is 59.5 Å². The zero-order valence-electron chi connectivity index (χ0n) is 14.4. The molecule has 134 valence electrons. The molecule has 0 saturated carbocycles. The molecular weight excluding hydrogens is 336 g/mol. The SMILES string of the molecule is CC1CC(CN)CN1C(=O)c1ccc(OCc2ccccc2)cc1.Cl. The highest BCUT2D eigenvalue weighted by Crippen LogP contribution is 2.25. The van der Waals surface area contributed by atoms with Crippen LogP contribution in [-0.4, -0.2) is 29.9 Å². The van der Waals surface area contributed by atoms with Crippen LogP contribution >= 0.6 is 12.4 Å². The zero-order valence-corrected chi connectivity index (χ0v) is 15.2. The van der Waals surface area contributed by atoms with Crippen LogP contribution in [0.3, 0.4) is 0 Å². The Morgan fingerprint density at radius 3 is 2.44 bits per heavy atom. The number of rotatable bonds is 5. The van der Waals surface area contributed by atoms with Gasteiger partial charge in [0.05, 0.1) is 0 Å².